The van der Waals surface area contributed by atoms with Crippen molar-refractivity contribution < 1.29 is 4.79 Å². The van der Waals surface area contributed by atoms with Gasteiger partial charge in [-0.2, -0.15) is 5.10 Å². The van der Waals surface area contributed by atoms with Crippen molar-refractivity contribution in [3.63, 3.8) is 0 Å². The normalized spacial score (nSPS) is 19.7. The molecule has 0 spiro atoms. The molecule has 3 rings (SSSR count). The highest BCUT2D eigenvalue weighted by molar-refractivity contribution is 8.15. The second kappa shape index (κ2) is 7.49. The molecule has 0 unspecified atom stereocenters. The van der Waals surface area contributed by atoms with E-state index in [1.807, 2.05) is 23.6 Å². The molecule has 1 aromatic heterocycles. The first-order valence-electron chi connectivity index (χ1n) is 6.68. The van der Waals surface area contributed by atoms with E-state index < -0.39 is 0 Å². The molecule has 118 valence electrons. The van der Waals surface area contributed by atoms with Gasteiger partial charge in [-0.15, -0.1) is 16.4 Å². The second-order valence-corrected chi connectivity index (χ2v) is 7.72. The lowest BCUT2D eigenvalue weighted by atomic mass is 10.1. The minimum atomic E-state index is -0.274. The smallest absolute Gasteiger partial charge is 0.239 e. The number of amidine groups is 1. The van der Waals surface area contributed by atoms with Gasteiger partial charge in [0.15, 0.2) is 5.17 Å². The number of nitrogens with zero attached hydrogens (tertiary/aromatic N) is 2. The van der Waals surface area contributed by atoms with Crippen LogP contribution in [0.1, 0.15) is 10.4 Å². The lowest BCUT2D eigenvalue weighted by Crippen LogP contribution is -2.26. The van der Waals surface area contributed by atoms with Crippen molar-refractivity contribution in [3.05, 3.63) is 56.2 Å². The zero-order chi connectivity index (χ0) is 16.2. The predicted molar refractivity (Wildman–Crippen MR) is 99.0 cm³/mol. The molecule has 1 aliphatic heterocycles. The summed E-state index contributed by atoms with van der Waals surface area (Å²) < 4.78 is 0. The fourth-order valence-electron chi connectivity index (χ4n) is 1.98. The molecule has 1 aliphatic rings. The van der Waals surface area contributed by atoms with E-state index in [2.05, 4.69) is 15.5 Å². The van der Waals surface area contributed by atoms with Crippen molar-refractivity contribution in [3.8, 4) is 0 Å². The van der Waals surface area contributed by atoms with Gasteiger partial charge in [-0.25, -0.2) is 0 Å². The Kier molecular flexibility index (Phi) is 5.38. The minimum absolute atomic E-state index is 0.0916. The van der Waals surface area contributed by atoms with Crippen molar-refractivity contribution in [2.45, 2.75) is 11.7 Å². The van der Waals surface area contributed by atoms with Gasteiger partial charge in [-0.1, -0.05) is 47.1 Å². The third-order valence-electron chi connectivity index (χ3n) is 3.07. The Hall–Kier alpha value is -1.34. The summed E-state index contributed by atoms with van der Waals surface area (Å²) in [6.45, 7) is 0. The number of thiophene rings is 1. The average Bonchev–Trinajstić information content (AvgIpc) is 3.13. The van der Waals surface area contributed by atoms with Gasteiger partial charge >= 0.3 is 0 Å². The van der Waals surface area contributed by atoms with E-state index in [9.17, 15) is 4.79 Å². The van der Waals surface area contributed by atoms with E-state index in [0.29, 0.717) is 21.6 Å². The van der Waals surface area contributed by atoms with Crippen molar-refractivity contribution in [1.82, 2.24) is 5.32 Å². The topological polar surface area (TPSA) is 53.8 Å². The Bertz CT molecular complexity index is 775. The summed E-state index contributed by atoms with van der Waals surface area (Å²) in [5.74, 6) is -0.0916. The first-order chi connectivity index (χ1) is 11.1. The summed E-state index contributed by atoms with van der Waals surface area (Å²) in [5.41, 5.74) is 0.882. The van der Waals surface area contributed by atoms with E-state index in [1.54, 1.807) is 29.7 Å². The van der Waals surface area contributed by atoms with Gasteiger partial charge in [0.05, 0.1) is 11.5 Å². The van der Waals surface area contributed by atoms with Crippen LogP contribution >= 0.6 is 46.3 Å². The van der Waals surface area contributed by atoms with Gasteiger partial charge < -0.3 is 5.32 Å². The lowest BCUT2D eigenvalue weighted by molar-refractivity contribution is -0.118. The number of nitrogens with one attached hydrogen (secondary N) is 1. The van der Waals surface area contributed by atoms with Crippen LogP contribution in [0.5, 0.6) is 0 Å². The monoisotopic (exact) mass is 383 g/mol. The van der Waals surface area contributed by atoms with Crippen LogP contribution in [0.2, 0.25) is 10.0 Å². The zero-order valence-corrected chi connectivity index (χ0v) is 14.8. The number of hydrogen-bond acceptors (Lipinski definition) is 5. The number of benzene rings is 1. The van der Waals surface area contributed by atoms with Crippen molar-refractivity contribution >= 4 is 63.6 Å². The molecule has 1 amide bonds. The summed E-state index contributed by atoms with van der Waals surface area (Å²) in [4.78, 5) is 13.0. The van der Waals surface area contributed by atoms with Gasteiger partial charge in [0.1, 0.15) is 0 Å². The maximum absolute atomic E-state index is 12.0. The molecule has 2 aromatic rings. The first kappa shape index (κ1) is 16.5. The standard InChI is InChI=1S/C15H11Cl2N3OS2/c16-10-4-3-9(12(17)7-10)6-13-14(21)19-15(23-13)20-18-8-11-2-1-5-22-11/h1-5,7-8,13H,6H2,(H,19,20,21)/b18-8+/t13-/m0/s1. The molecule has 8 heteroatoms. The van der Waals surface area contributed by atoms with Gasteiger partial charge in [-0.05, 0) is 35.6 Å². The lowest BCUT2D eigenvalue weighted by Gasteiger charge is -2.07. The van der Waals surface area contributed by atoms with Crippen LogP contribution in [0.15, 0.2) is 45.9 Å². The molecule has 1 N–H and O–H groups in total. The fraction of sp³-hybridized carbons (Fsp3) is 0.133. The van der Waals surface area contributed by atoms with E-state index in [1.165, 1.54) is 11.8 Å². The van der Waals surface area contributed by atoms with Gasteiger partial charge in [-0.3, -0.25) is 4.79 Å². The van der Waals surface area contributed by atoms with Crippen LogP contribution in [0.4, 0.5) is 0 Å². The summed E-state index contributed by atoms with van der Waals surface area (Å²) in [6.07, 6.45) is 2.17. The van der Waals surface area contributed by atoms with Gasteiger partial charge in [0, 0.05) is 14.9 Å². The Balaban J connectivity index is 1.65. The Labute approximate surface area is 151 Å². The highest BCUT2D eigenvalue weighted by Gasteiger charge is 2.30. The first-order valence-corrected chi connectivity index (χ1v) is 9.19. The largest absolute Gasteiger partial charge is 0.303 e. The number of hydrogen-bond donors (Lipinski definition) is 1. The van der Waals surface area contributed by atoms with E-state index in [0.717, 1.165) is 10.4 Å². The van der Waals surface area contributed by atoms with Crippen molar-refractivity contribution in [1.29, 1.82) is 0 Å². The minimum Gasteiger partial charge on any atom is -0.303 e. The fourth-order valence-corrected chi connectivity index (χ4v) is 3.99. The number of rotatable bonds is 4. The van der Waals surface area contributed by atoms with Crippen LogP contribution in [0, 0.1) is 0 Å². The highest BCUT2D eigenvalue weighted by Crippen LogP contribution is 2.28. The number of thioether (sulfide) groups is 1. The Morgan fingerprint density at radius 2 is 2.17 bits per heavy atom. The molecule has 1 saturated heterocycles. The molecule has 0 aliphatic carbocycles. The third-order valence-corrected chi connectivity index (χ3v) is 5.54. The molecule has 1 aromatic carbocycles. The quantitative estimate of drug-likeness (QED) is 0.634. The molecule has 1 fully saturated rings. The van der Waals surface area contributed by atoms with Crippen LogP contribution in [0.25, 0.3) is 0 Å². The molecule has 4 nitrogen and oxygen atoms in total. The van der Waals surface area contributed by atoms with Crippen LogP contribution < -0.4 is 5.32 Å². The summed E-state index contributed by atoms with van der Waals surface area (Å²) >= 11 is 15.0. The van der Waals surface area contributed by atoms with E-state index >= 15 is 0 Å². The second-order valence-electron chi connectivity index (χ2n) is 4.70. The zero-order valence-electron chi connectivity index (χ0n) is 11.7. The number of carbonyl (C=O) groups is 1. The summed E-state index contributed by atoms with van der Waals surface area (Å²) in [7, 11) is 0. The van der Waals surface area contributed by atoms with E-state index in [-0.39, 0.29) is 11.2 Å². The maximum atomic E-state index is 12.0. The Morgan fingerprint density at radius 3 is 2.91 bits per heavy atom. The molecular weight excluding hydrogens is 373 g/mol. The molecule has 2 heterocycles. The van der Waals surface area contributed by atoms with Crippen LogP contribution in [0.3, 0.4) is 0 Å². The molecule has 1 atom stereocenters. The molecule has 0 radical (unpaired) electrons. The summed E-state index contributed by atoms with van der Waals surface area (Å²) in [5, 5.41) is 14.1. The van der Waals surface area contributed by atoms with Crippen LogP contribution in [-0.2, 0) is 11.2 Å². The van der Waals surface area contributed by atoms with Gasteiger partial charge in [0.2, 0.25) is 5.91 Å². The van der Waals surface area contributed by atoms with Gasteiger partial charge in [0.25, 0.3) is 0 Å². The third kappa shape index (κ3) is 4.35. The average molecular weight is 384 g/mol. The van der Waals surface area contributed by atoms with Crippen LogP contribution in [-0.4, -0.2) is 22.5 Å². The number of halogens is 2. The van der Waals surface area contributed by atoms with Crippen molar-refractivity contribution in [2.24, 2.45) is 10.2 Å². The Morgan fingerprint density at radius 1 is 1.30 bits per heavy atom. The number of amides is 1. The SMILES string of the molecule is O=C1N/C(=N\N=C\c2cccs2)S[C@H]1Cc1ccc(Cl)cc1Cl. The number of carbonyl (C=O) groups excluding carboxylic acids is 1. The van der Waals surface area contributed by atoms with E-state index in [4.69, 9.17) is 23.2 Å². The molecule has 23 heavy (non-hydrogen) atoms. The summed E-state index contributed by atoms with van der Waals surface area (Å²) in [6, 6.07) is 9.16. The maximum Gasteiger partial charge on any atom is 0.239 e. The molecular formula is C15H11Cl2N3OS2. The van der Waals surface area contributed by atoms with Crippen molar-refractivity contribution in [2.75, 3.05) is 0 Å². The predicted octanol–water partition coefficient (Wildman–Crippen LogP) is 4.22. The highest BCUT2D eigenvalue weighted by atomic mass is 35.5. The molecule has 0 bridgehead atoms. The molecule has 0 saturated carbocycles.